The first-order valence-electron chi connectivity index (χ1n) is 6.90. The fourth-order valence-corrected chi connectivity index (χ4v) is 2.54. The third kappa shape index (κ3) is 4.51. The number of hydrogen-bond donors (Lipinski definition) is 1. The van der Waals surface area contributed by atoms with E-state index in [1.54, 1.807) is 0 Å². The summed E-state index contributed by atoms with van der Waals surface area (Å²) in [6.45, 7) is 1.89. The van der Waals surface area contributed by atoms with Crippen molar-refractivity contribution in [3.63, 3.8) is 0 Å². The molecule has 1 N–H and O–H groups in total. The lowest BCUT2D eigenvalue weighted by atomic mass is 10.2. The van der Waals surface area contributed by atoms with Gasteiger partial charge in [-0.05, 0) is 52.7 Å². The van der Waals surface area contributed by atoms with Gasteiger partial charge in [0.25, 0.3) is 0 Å². The number of rotatable bonds is 6. The van der Waals surface area contributed by atoms with E-state index >= 15 is 0 Å². The van der Waals surface area contributed by atoms with E-state index < -0.39 is 0 Å². The van der Waals surface area contributed by atoms with Gasteiger partial charge in [0.1, 0.15) is 6.07 Å². The summed E-state index contributed by atoms with van der Waals surface area (Å²) in [6, 6.07) is 18.2. The highest BCUT2D eigenvalue weighted by atomic mass is 79.9. The molecule has 0 saturated heterocycles. The van der Waals surface area contributed by atoms with Crippen LogP contribution in [-0.2, 0) is 0 Å². The lowest BCUT2D eigenvalue weighted by Gasteiger charge is -2.19. The van der Waals surface area contributed by atoms with Gasteiger partial charge in [-0.3, -0.25) is 0 Å². The van der Waals surface area contributed by atoms with Crippen LogP contribution in [0.3, 0.4) is 0 Å². The van der Waals surface area contributed by atoms with Crippen molar-refractivity contribution in [2.75, 3.05) is 30.4 Å². The predicted octanol–water partition coefficient (Wildman–Crippen LogP) is 4.26. The van der Waals surface area contributed by atoms with E-state index in [9.17, 15) is 0 Å². The quantitative estimate of drug-likeness (QED) is 0.796. The van der Waals surface area contributed by atoms with E-state index in [0.717, 1.165) is 29.7 Å². The van der Waals surface area contributed by atoms with Crippen LogP contribution in [0.4, 0.5) is 11.4 Å². The van der Waals surface area contributed by atoms with Crippen molar-refractivity contribution in [3.8, 4) is 6.07 Å². The van der Waals surface area contributed by atoms with Gasteiger partial charge in [-0.15, -0.1) is 0 Å². The lowest BCUT2D eigenvalue weighted by Crippen LogP contribution is -2.20. The molecule has 3 nitrogen and oxygen atoms in total. The molecule has 0 unspecified atom stereocenters. The topological polar surface area (TPSA) is 39.1 Å². The summed E-state index contributed by atoms with van der Waals surface area (Å²) < 4.78 is 0.830. The highest BCUT2D eigenvalue weighted by Gasteiger charge is 2.01. The molecule has 0 bridgehead atoms. The zero-order valence-corrected chi connectivity index (χ0v) is 13.6. The van der Waals surface area contributed by atoms with Crippen molar-refractivity contribution in [3.05, 3.63) is 58.6 Å². The Bertz CT molecular complexity index is 620. The average Bonchev–Trinajstić information content (AvgIpc) is 2.52. The molecule has 2 aromatic rings. The Morgan fingerprint density at radius 2 is 1.95 bits per heavy atom. The van der Waals surface area contributed by atoms with Crippen LogP contribution in [0, 0.1) is 11.3 Å². The van der Waals surface area contributed by atoms with Crippen LogP contribution in [0.1, 0.15) is 12.0 Å². The highest BCUT2D eigenvalue weighted by molar-refractivity contribution is 9.10. The Kier molecular flexibility index (Phi) is 5.65. The van der Waals surface area contributed by atoms with Gasteiger partial charge in [-0.2, -0.15) is 5.26 Å². The second-order valence-corrected chi connectivity index (χ2v) is 5.70. The zero-order chi connectivity index (χ0) is 15.1. The van der Waals surface area contributed by atoms with Gasteiger partial charge >= 0.3 is 0 Å². The summed E-state index contributed by atoms with van der Waals surface area (Å²) >= 11 is 3.40. The number of para-hydroxylation sites is 1. The lowest BCUT2D eigenvalue weighted by molar-refractivity contribution is 0.816. The summed E-state index contributed by atoms with van der Waals surface area (Å²) in [7, 11) is 2.10. The molecule has 0 saturated carbocycles. The smallest absolute Gasteiger partial charge is 0.100 e. The minimum atomic E-state index is 0.657. The van der Waals surface area contributed by atoms with Crippen LogP contribution >= 0.6 is 15.9 Å². The molecule has 0 radical (unpaired) electrons. The Balaban J connectivity index is 1.77. The van der Waals surface area contributed by atoms with Gasteiger partial charge < -0.3 is 10.2 Å². The molecule has 0 atom stereocenters. The molecule has 0 amide bonds. The SMILES string of the molecule is CN(CCCNc1ccc(C#N)c(Br)c1)c1ccccc1. The van der Waals surface area contributed by atoms with Gasteiger partial charge in [0.15, 0.2) is 0 Å². The molecule has 0 aromatic heterocycles. The van der Waals surface area contributed by atoms with Gasteiger partial charge in [0.05, 0.1) is 5.56 Å². The largest absolute Gasteiger partial charge is 0.385 e. The minimum absolute atomic E-state index is 0.657. The molecule has 0 aliphatic carbocycles. The Morgan fingerprint density at radius 3 is 2.62 bits per heavy atom. The van der Waals surface area contributed by atoms with Crippen LogP contribution in [0.15, 0.2) is 53.0 Å². The number of nitriles is 1. The first kappa shape index (κ1) is 15.4. The Morgan fingerprint density at radius 1 is 1.19 bits per heavy atom. The van der Waals surface area contributed by atoms with E-state index in [1.807, 2.05) is 24.3 Å². The average molecular weight is 344 g/mol. The second kappa shape index (κ2) is 7.70. The molecule has 2 rings (SSSR count). The van der Waals surface area contributed by atoms with Crippen LogP contribution < -0.4 is 10.2 Å². The van der Waals surface area contributed by atoms with Crippen molar-refractivity contribution in [2.45, 2.75) is 6.42 Å². The first-order chi connectivity index (χ1) is 10.2. The molecule has 0 aliphatic heterocycles. The van der Waals surface area contributed by atoms with E-state index in [0.29, 0.717) is 5.56 Å². The third-order valence-electron chi connectivity index (χ3n) is 3.29. The standard InChI is InChI=1S/C17H18BrN3/c1-21(16-6-3-2-4-7-16)11-5-10-20-15-9-8-14(13-19)17(18)12-15/h2-4,6-9,12,20H,5,10-11H2,1H3. The maximum atomic E-state index is 8.89. The number of anilines is 2. The summed E-state index contributed by atoms with van der Waals surface area (Å²) in [4.78, 5) is 2.25. The molecule has 21 heavy (non-hydrogen) atoms. The molecule has 2 aromatic carbocycles. The van der Waals surface area contributed by atoms with Gasteiger partial charge in [0, 0.05) is 36.0 Å². The molecule has 4 heteroatoms. The monoisotopic (exact) mass is 343 g/mol. The molecule has 0 fully saturated rings. The van der Waals surface area contributed by atoms with Crippen molar-refractivity contribution in [1.82, 2.24) is 0 Å². The predicted molar refractivity (Wildman–Crippen MR) is 91.7 cm³/mol. The Labute approximate surface area is 134 Å². The van der Waals surface area contributed by atoms with Crippen molar-refractivity contribution in [2.24, 2.45) is 0 Å². The number of halogens is 1. The summed E-state index contributed by atoms with van der Waals surface area (Å²) in [5, 5.41) is 12.3. The third-order valence-corrected chi connectivity index (χ3v) is 3.94. The van der Waals surface area contributed by atoms with E-state index in [-0.39, 0.29) is 0 Å². The van der Waals surface area contributed by atoms with Gasteiger partial charge in [-0.1, -0.05) is 18.2 Å². The number of benzene rings is 2. The van der Waals surface area contributed by atoms with E-state index in [1.165, 1.54) is 5.69 Å². The second-order valence-electron chi connectivity index (χ2n) is 4.84. The van der Waals surface area contributed by atoms with E-state index in [2.05, 4.69) is 63.5 Å². The molecular weight excluding hydrogens is 326 g/mol. The fourth-order valence-electron chi connectivity index (χ4n) is 2.08. The molecule has 0 aliphatic rings. The number of nitrogens with one attached hydrogen (secondary N) is 1. The minimum Gasteiger partial charge on any atom is -0.385 e. The van der Waals surface area contributed by atoms with Gasteiger partial charge in [-0.25, -0.2) is 0 Å². The highest BCUT2D eigenvalue weighted by Crippen LogP contribution is 2.20. The van der Waals surface area contributed by atoms with Crippen LogP contribution in [0.5, 0.6) is 0 Å². The summed E-state index contributed by atoms with van der Waals surface area (Å²) in [6.07, 6.45) is 1.04. The van der Waals surface area contributed by atoms with Crippen molar-refractivity contribution < 1.29 is 0 Å². The van der Waals surface area contributed by atoms with Gasteiger partial charge in [0.2, 0.25) is 0 Å². The Hall–Kier alpha value is -1.99. The normalized spacial score (nSPS) is 9.95. The summed E-state index contributed by atoms with van der Waals surface area (Å²) in [5.41, 5.74) is 2.92. The van der Waals surface area contributed by atoms with Crippen LogP contribution in [-0.4, -0.2) is 20.1 Å². The molecule has 108 valence electrons. The maximum Gasteiger partial charge on any atom is 0.100 e. The summed E-state index contributed by atoms with van der Waals surface area (Å²) in [5.74, 6) is 0. The number of hydrogen-bond acceptors (Lipinski definition) is 3. The van der Waals surface area contributed by atoms with E-state index in [4.69, 9.17) is 5.26 Å². The fraction of sp³-hybridized carbons (Fsp3) is 0.235. The molecule has 0 heterocycles. The first-order valence-corrected chi connectivity index (χ1v) is 7.69. The molecule has 0 spiro atoms. The number of nitrogens with zero attached hydrogens (tertiary/aromatic N) is 2. The van der Waals surface area contributed by atoms with Crippen LogP contribution in [0.25, 0.3) is 0 Å². The zero-order valence-electron chi connectivity index (χ0n) is 12.0. The van der Waals surface area contributed by atoms with Crippen molar-refractivity contribution in [1.29, 1.82) is 5.26 Å². The maximum absolute atomic E-state index is 8.89. The van der Waals surface area contributed by atoms with Crippen molar-refractivity contribution >= 4 is 27.3 Å². The van der Waals surface area contributed by atoms with Crippen LogP contribution in [0.2, 0.25) is 0 Å². The molecular formula is C17H18BrN3.